The van der Waals surface area contributed by atoms with E-state index in [2.05, 4.69) is 21.2 Å². The minimum absolute atomic E-state index is 0.0290. The van der Waals surface area contributed by atoms with Crippen LogP contribution in [0, 0.1) is 11.8 Å². The first-order valence-electron chi connectivity index (χ1n) is 6.10. The van der Waals surface area contributed by atoms with Crippen molar-refractivity contribution in [2.24, 2.45) is 11.8 Å². The van der Waals surface area contributed by atoms with Crippen LogP contribution in [0.4, 0.5) is 0 Å². The van der Waals surface area contributed by atoms with Crippen LogP contribution in [0.3, 0.4) is 0 Å². The van der Waals surface area contributed by atoms with E-state index in [1.165, 1.54) is 12.8 Å². The Morgan fingerprint density at radius 2 is 2.06 bits per heavy atom. The van der Waals surface area contributed by atoms with Crippen molar-refractivity contribution in [2.45, 2.75) is 30.5 Å². The predicted octanol–water partition coefficient (Wildman–Crippen LogP) is 1.10. The maximum Gasteiger partial charge on any atom is 0.224 e. The summed E-state index contributed by atoms with van der Waals surface area (Å²) < 4.78 is 22.5. The van der Waals surface area contributed by atoms with Crippen molar-refractivity contribution in [2.75, 3.05) is 18.1 Å². The van der Waals surface area contributed by atoms with E-state index in [1.807, 2.05) is 0 Å². The second-order valence-electron chi connectivity index (χ2n) is 5.05. The van der Waals surface area contributed by atoms with E-state index in [0.29, 0.717) is 23.7 Å². The van der Waals surface area contributed by atoms with Crippen LogP contribution >= 0.6 is 15.9 Å². The van der Waals surface area contributed by atoms with Gasteiger partial charge >= 0.3 is 0 Å². The normalized spacial score (nSPS) is 35.9. The molecule has 3 atom stereocenters. The Hall–Kier alpha value is -0.100. The first-order valence-corrected chi connectivity index (χ1v) is 8.84. The summed E-state index contributed by atoms with van der Waals surface area (Å²) in [5, 5.41) is 2.90. The number of hydrogen-bond acceptors (Lipinski definition) is 3. The molecular weight excluding hydrogens is 306 g/mol. The second-order valence-corrected chi connectivity index (χ2v) is 8.46. The molecule has 2 aliphatic rings. The Morgan fingerprint density at radius 1 is 1.29 bits per heavy atom. The molecule has 2 fully saturated rings. The largest absolute Gasteiger partial charge is 0.356 e. The SMILES string of the molecule is O=C(NCC1CCCC1Br)C1CCS(=O)(=O)C1. The van der Waals surface area contributed by atoms with Crippen LogP contribution in [0.1, 0.15) is 25.7 Å². The highest BCUT2D eigenvalue weighted by Gasteiger charge is 2.33. The summed E-state index contributed by atoms with van der Waals surface area (Å²) in [6.07, 6.45) is 3.99. The number of hydrogen-bond donors (Lipinski definition) is 1. The van der Waals surface area contributed by atoms with Gasteiger partial charge in [-0.05, 0) is 25.2 Å². The van der Waals surface area contributed by atoms with Gasteiger partial charge < -0.3 is 5.32 Å². The molecule has 1 aliphatic carbocycles. The van der Waals surface area contributed by atoms with Crippen molar-refractivity contribution >= 4 is 31.7 Å². The minimum Gasteiger partial charge on any atom is -0.356 e. The molecule has 0 radical (unpaired) electrons. The molecule has 0 bridgehead atoms. The number of halogens is 1. The third kappa shape index (κ3) is 3.44. The van der Waals surface area contributed by atoms with Gasteiger partial charge in [-0.15, -0.1) is 0 Å². The van der Waals surface area contributed by atoms with E-state index >= 15 is 0 Å². The van der Waals surface area contributed by atoms with E-state index in [9.17, 15) is 13.2 Å². The number of nitrogens with one attached hydrogen (secondary N) is 1. The molecule has 1 saturated carbocycles. The lowest BCUT2D eigenvalue weighted by molar-refractivity contribution is -0.124. The number of sulfone groups is 1. The summed E-state index contributed by atoms with van der Waals surface area (Å²) >= 11 is 3.61. The summed E-state index contributed by atoms with van der Waals surface area (Å²) in [4.78, 5) is 12.3. The minimum atomic E-state index is -2.96. The van der Waals surface area contributed by atoms with Crippen molar-refractivity contribution in [3.8, 4) is 0 Å². The smallest absolute Gasteiger partial charge is 0.224 e. The summed E-state index contributed by atoms with van der Waals surface area (Å²) in [6, 6.07) is 0. The van der Waals surface area contributed by atoms with Gasteiger partial charge in [0.1, 0.15) is 0 Å². The number of alkyl halides is 1. The van der Waals surface area contributed by atoms with Crippen molar-refractivity contribution in [3.63, 3.8) is 0 Å². The molecule has 2 rings (SSSR count). The van der Waals surface area contributed by atoms with Gasteiger partial charge in [0, 0.05) is 11.4 Å². The maximum atomic E-state index is 11.8. The highest BCUT2D eigenvalue weighted by molar-refractivity contribution is 9.09. The third-order valence-electron chi connectivity index (χ3n) is 3.71. The van der Waals surface area contributed by atoms with E-state index < -0.39 is 9.84 Å². The molecule has 0 spiro atoms. The van der Waals surface area contributed by atoms with E-state index in [-0.39, 0.29) is 23.3 Å². The van der Waals surface area contributed by atoms with Gasteiger partial charge in [0.2, 0.25) is 5.91 Å². The van der Waals surface area contributed by atoms with E-state index in [1.54, 1.807) is 0 Å². The molecule has 0 aromatic heterocycles. The molecule has 1 aliphatic heterocycles. The fraction of sp³-hybridized carbons (Fsp3) is 0.909. The maximum absolute atomic E-state index is 11.8. The standard InChI is InChI=1S/C11H18BrNO3S/c12-10-3-1-2-8(10)6-13-11(14)9-4-5-17(15,16)7-9/h8-10H,1-7H2,(H,13,14). The van der Waals surface area contributed by atoms with Gasteiger partial charge in [0.05, 0.1) is 17.4 Å². The molecule has 4 nitrogen and oxygen atoms in total. The fourth-order valence-corrected chi connectivity index (χ4v) is 5.12. The zero-order valence-electron chi connectivity index (χ0n) is 9.69. The summed E-state index contributed by atoms with van der Waals surface area (Å²) in [5.74, 6) is 0.279. The lowest BCUT2D eigenvalue weighted by Crippen LogP contribution is -2.36. The topological polar surface area (TPSA) is 63.2 Å². The molecule has 1 heterocycles. The van der Waals surface area contributed by atoms with Gasteiger partial charge in [-0.1, -0.05) is 22.4 Å². The average molecular weight is 324 g/mol. The molecule has 98 valence electrons. The zero-order chi connectivity index (χ0) is 12.5. The van der Waals surface area contributed by atoms with Crippen molar-refractivity contribution in [1.29, 1.82) is 0 Å². The average Bonchev–Trinajstić information content (AvgIpc) is 2.81. The van der Waals surface area contributed by atoms with Crippen LogP contribution < -0.4 is 5.32 Å². The van der Waals surface area contributed by atoms with Gasteiger partial charge in [0.25, 0.3) is 0 Å². The van der Waals surface area contributed by atoms with Crippen molar-refractivity contribution in [1.82, 2.24) is 5.32 Å². The molecule has 1 saturated heterocycles. The van der Waals surface area contributed by atoms with Crippen molar-refractivity contribution in [3.05, 3.63) is 0 Å². The van der Waals surface area contributed by atoms with Crippen LogP contribution in [0.15, 0.2) is 0 Å². The Morgan fingerprint density at radius 3 is 2.59 bits per heavy atom. The molecule has 17 heavy (non-hydrogen) atoms. The highest BCUT2D eigenvalue weighted by Crippen LogP contribution is 2.31. The molecule has 1 N–H and O–H groups in total. The van der Waals surface area contributed by atoms with Gasteiger partial charge in [0.15, 0.2) is 9.84 Å². The number of carbonyl (C=O) groups is 1. The summed E-state index contributed by atoms with van der Waals surface area (Å²) in [7, 11) is -2.96. The molecule has 0 aromatic rings. The van der Waals surface area contributed by atoms with Gasteiger partial charge in [-0.25, -0.2) is 8.42 Å². The first kappa shape index (κ1) is 13.3. The molecule has 1 amide bonds. The Bertz CT molecular complexity index is 396. The van der Waals surface area contributed by atoms with Gasteiger partial charge in [-0.2, -0.15) is 0 Å². The highest BCUT2D eigenvalue weighted by atomic mass is 79.9. The van der Waals surface area contributed by atoms with Crippen LogP contribution in [-0.2, 0) is 14.6 Å². The van der Waals surface area contributed by atoms with Crippen LogP contribution in [0.5, 0.6) is 0 Å². The van der Waals surface area contributed by atoms with Crippen LogP contribution in [0.25, 0.3) is 0 Å². The molecular formula is C11H18BrNO3S. The van der Waals surface area contributed by atoms with E-state index in [0.717, 1.165) is 6.42 Å². The number of rotatable bonds is 3. The Labute approximate surface area is 111 Å². The quantitative estimate of drug-likeness (QED) is 0.791. The van der Waals surface area contributed by atoms with Crippen molar-refractivity contribution < 1.29 is 13.2 Å². The molecule has 0 aromatic carbocycles. The third-order valence-corrected chi connectivity index (χ3v) is 6.68. The zero-order valence-corrected chi connectivity index (χ0v) is 12.1. The first-order chi connectivity index (χ1) is 7.98. The number of amides is 1. The van der Waals surface area contributed by atoms with E-state index in [4.69, 9.17) is 0 Å². The fourth-order valence-electron chi connectivity index (χ4n) is 2.60. The monoisotopic (exact) mass is 323 g/mol. The van der Waals surface area contributed by atoms with Crippen LogP contribution in [0.2, 0.25) is 0 Å². The Kier molecular flexibility index (Phi) is 4.13. The number of carbonyl (C=O) groups excluding carboxylic acids is 1. The molecule has 6 heteroatoms. The summed E-state index contributed by atoms with van der Waals surface area (Å²) in [5.41, 5.74) is 0. The second kappa shape index (κ2) is 5.26. The Balaban J connectivity index is 1.78. The summed E-state index contributed by atoms with van der Waals surface area (Å²) in [6.45, 7) is 0.672. The lowest BCUT2D eigenvalue weighted by Gasteiger charge is -2.16. The van der Waals surface area contributed by atoms with Gasteiger partial charge in [-0.3, -0.25) is 4.79 Å². The van der Waals surface area contributed by atoms with Crippen LogP contribution in [-0.4, -0.2) is 37.2 Å². The lowest BCUT2D eigenvalue weighted by atomic mass is 10.1. The predicted molar refractivity (Wildman–Crippen MR) is 69.8 cm³/mol. The molecule has 3 unspecified atom stereocenters.